The van der Waals surface area contributed by atoms with Crippen LogP contribution >= 0.6 is 0 Å². The molecule has 0 saturated heterocycles. The summed E-state index contributed by atoms with van der Waals surface area (Å²) in [5, 5.41) is 6.44. The molecular formula is C50H29N5O2. The summed E-state index contributed by atoms with van der Waals surface area (Å²) in [6, 6.07) is 56.4. The Morgan fingerprint density at radius 2 is 0.860 bits per heavy atom. The van der Waals surface area contributed by atoms with Crippen LogP contribution in [0.4, 0.5) is 0 Å². The first-order valence-corrected chi connectivity index (χ1v) is 18.9. The lowest BCUT2D eigenvalue weighted by Gasteiger charge is -2.11. The molecule has 0 aliphatic heterocycles. The van der Waals surface area contributed by atoms with E-state index in [1.54, 1.807) is 6.20 Å². The summed E-state index contributed by atoms with van der Waals surface area (Å²) in [6.45, 7) is 0. The maximum atomic E-state index is 6.45. The first kappa shape index (κ1) is 31.5. The van der Waals surface area contributed by atoms with Crippen molar-refractivity contribution in [3.8, 4) is 51.0 Å². The van der Waals surface area contributed by atoms with Gasteiger partial charge in [0.15, 0.2) is 17.5 Å². The molecule has 0 N–H and O–H groups in total. The molecule has 12 aromatic rings. The molecule has 12 rings (SSSR count). The van der Waals surface area contributed by atoms with Crippen LogP contribution in [0.25, 0.3) is 117 Å². The predicted octanol–water partition coefficient (Wildman–Crippen LogP) is 12.8. The van der Waals surface area contributed by atoms with Crippen molar-refractivity contribution in [1.82, 2.24) is 24.5 Å². The van der Waals surface area contributed by atoms with Gasteiger partial charge in [0.2, 0.25) is 0 Å². The van der Waals surface area contributed by atoms with Crippen LogP contribution in [0, 0.1) is 0 Å². The molecule has 7 nitrogen and oxygen atoms in total. The highest BCUT2D eigenvalue weighted by Crippen LogP contribution is 2.39. The van der Waals surface area contributed by atoms with Crippen molar-refractivity contribution in [3.05, 3.63) is 176 Å². The minimum absolute atomic E-state index is 0.505. The van der Waals surface area contributed by atoms with Crippen molar-refractivity contribution in [2.75, 3.05) is 0 Å². The molecule has 0 amide bonds. The SMILES string of the molecule is c1ccc2c(c1)oc1c(-c3nc(-c4ccc(-c5ccc(-n6c7ccccc7c7ccccc76)cc5)cc4)nc(-c4cccc5c4oc4ccncc45)n3)cccc12. The van der Waals surface area contributed by atoms with Gasteiger partial charge in [-0.3, -0.25) is 4.98 Å². The summed E-state index contributed by atoms with van der Waals surface area (Å²) in [6.07, 6.45) is 3.57. The van der Waals surface area contributed by atoms with Gasteiger partial charge in [-0.25, -0.2) is 15.0 Å². The number of hydrogen-bond donors (Lipinski definition) is 0. The smallest absolute Gasteiger partial charge is 0.167 e. The molecule has 0 fully saturated rings. The highest BCUT2D eigenvalue weighted by molar-refractivity contribution is 6.11. The number of fused-ring (bicyclic) bond motifs is 9. The molecule has 0 atom stereocenters. The summed E-state index contributed by atoms with van der Waals surface area (Å²) < 4.78 is 15.2. The van der Waals surface area contributed by atoms with Crippen LogP contribution in [0.1, 0.15) is 0 Å². The second-order valence-electron chi connectivity index (χ2n) is 14.2. The molecular weight excluding hydrogens is 703 g/mol. The zero-order valence-corrected chi connectivity index (χ0v) is 30.3. The van der Waals surface area contributed by atoms with E-state index in [1.807, 2.05) is 60.8 Å². The molecule has 0 radical (unpaired) electrons. The fraction of sp³-hybridized carbons (Fsp3) is 0. The van der Waals surface area contributed by atoms with Gasteiger partial charge in [0.1, 0.15) is 22.3 Å². The molecule has 0 saturated carbocycles. The van der Waals surface area contributed by atoms with Gasteiger partial charge in [0.05, 0.1) is 22.2 Å². The van der Waals surface area contributed by atoms with Crippen LogP contribution in [0.15, 0.2) is 185 Å². The molecule has 0 bridgehead atoms. The number of pyridine rings is 1. The fourth-order valence-electron chi connectivity index (χ4n) is 8.30. The number of furan rings is 2. The maximum absolute atomic E-state index is 6.45. The van der Waals surface area contributed by atoms with Crippen molar-refractivity contribution in [1.29, 1.82) is 0 Å². The highest BCUT2D eigenvalue weighted by atomic mass is 16.3. The Balaban J connectivity index is 0.975. The third kappa shape index (κ3) is 4.92. The first-order valence-electron chi connectivity index (χ1n) is 18.9. The third-order valence-corrected chi connectivity index (χ3v) is 11.0. The number of aromatic nitrogens is 5. The lowest BCUT2D eigenvalue weighted by molar-refractivity contribution is 0.669. The van der Waals surface area contributed by atoms with E-state index in [4.69, 9.17) is 23.8 Å². The van der Waals surface area contributed by atoms with E-state index in [0.717, 1.165) is 71.8 Å². The minimum Gasteiger partial charge on any atom is -0.455 e. The van der Waals surface area contributed by atoms with Crippen LogP contribution in [0.3, 0.4) is 0 Å². The van der Waals surface area contributed by atoms with E-state index >= 15 is 0 Å². The van der Waals surface area contributed by atoms with Crippen molar-refractivity contribution < 1.29 is 8.83 Å². The molecule has 7 aromatic carbocycles. The third-order valence-electron chi connectivity index (χ3n) is 11.0. The van der Waals surface area contributed by atoms with E-state index in [-0.39, 0.29) is 0 Å². The van der Waals surface area contributed by atoms with Crippen LogP contribution in [0.5, 0.6) is 0 Å². The molecule has 266 valence electrons. The van der Waals surface area contributed by atoms with Crippen LogP contribution in [0.2, 0.25) is 0 Å². The normalized spacial score (nSPS) is 11.9. The molecule has 0 aliphatic carbocycles. The van der Waals surface area contributed by atoms with Crippen molar-refractivity contribution in [2.45, 2.75) is 0 Å². The van der Waals surface area contributed by atoms with E-state index in [1.165, 1.54) is 21.8 Å². The van der Waals surface area contributed by atoms with Gasteiger partial charge >= 0.3 is 0 Å². The van der Waals surface area contributed by atoms with E-state index in [9.17, 15) is 0 Å². The number of rotatable bonds is 5. The predicted molar refractivity (Wildman–Crippen MR) is 228 cm³/mol. The van der Waals surface area contributed by atoms with Crippen molar-refractivity contribution in [3.63, 3.8) is 0 Å². The van der Waals surface area contributed by atoms with Crippen LogP contribution < -0.4 is 0 Å². The number of benzene rings is 7. The Labute approximate surface area is 325 Å². The van der Waals surface area contributed by atoms with E-state index in [0.29, 0.717) is 23.1 Å². The van der Waals surface area contributed by atoms with E-state index < -0.39 is 0 Å². The van der Waals surface area contributed by atoms with Gasteiger partial charge in [0.25, 0.3) is 0 Å². The minimum atomic E-state index is 0.505. The summed E-state index contributed by atoms with van der Waals surface area (Å²) in [7, 11) is 0. The average Bonchev–Trinajstić information content (AvgIpc) is 3.96. The lowest BCUT2D eigenvalue weighted by Crippen LogP contribution is -2.00. The van der Waals surface area contributed by atoms with Crippen molar-refractivity contribution >= 4 is 65.7 Å². The molecule has 0 spiro atoms. The lowest BCUT2D eigenvalue weighted by atomic mass is 10.0. The second kappa shape index (κ2) is 12.3. The Bertz CT molecular complexity index is 3340. The molecule has 7 heteroatoms. The average molecular weight is 732 g/mol. The molecule has 5 heterocycles. The number of nitrogens with zero attached hydrogens (tertiary/aromatic N) is 5. The monoisotopic (exact) mass is 731 g/mol. The highest BCUT2D eigenvalue weighted by Gasteiger charge is 2.20. The maximum Gasteiger partial charge on any atom is 0.167 e. The molecule has 57 heavy (non-hydrogen) atoms. The van der Waals surface area contributed by atoms with Gasteiger partial charge in [-0.2, -0.15) is 0 Å². The Morgan fingerprint density at radius 3 is 1.51 bits per heavy atom. The quantitative estimate of drug-likeness (QED) is 0.175. The zero-order valence-electron chi connectivity index (χ0n) is 30.3. The summed E-state index contributed by atoms with van der Waals surface area (Å²) in [4.78, 5) is 19.7. The summed E-state index contributed by atoms with van der Waals surface area (Å²) in [5.74, 6) is 1.57. The number of para-hydroxylation sites is 5. The topological polar surface area (TPSA) is 82.8 Å². The van der Waals surface area contributed by atoms with Gasteiger partial charge in [0, 0.05) is 56.0 Å². The molecule has 0 unspecified atom stereocenters. The Hall–Kier alpha value is -7.90. The van der Waals surface area contributed by atoms with Gasteiger partial charge in [-0.15, -0.1) is 0 Å². The summed E-state index contributed by atoms with van der Waals surface area (Å²) >= 11 is 0. The van der Waals surface area contributed by atoms with Crippen LogP contribution in [-0.2, 0) is 0 Å². The fourth-order valence-corrected chi connectivity index (χ4v) is 8.30. The van der Waals surface area contributed by atoms with Gasteiger partial charge in [-0.1, -0.05) is 115 Å². The van der Waals surface area contributed by atoms with Gasteiger partial charge < -0.3 is 13.4 Å². The number of hydrogen-bond acceptors (Lipinski definition) is 6. The van der Waals surface area contributed by atoms with Crippen molar-refractivity contribution in [2.24, 2.45) is 0 Å². The standard InChI is InChI=1S/C50H29N5O2/c1-4-16-42-34(9-1)35-10-2-5-17-43(35)55(42)33-25-23-31(24-26-33)30-19-21-32(22-20-30)48-52-49(39-14-7-12-37-36-11-3-6-18-44(36)56-46(37)39)54-50(53-48)40-15-8-13-38-41-29-51-28-27-45(41)57-47(38)40/h1-29H. The summed E-state index contributed by atoms with van der Waals surface area (Å²) in [5.41, 5.74) is 11.1. The Kier molecular flexibility index (Phi) is 6.79. The molecule has 0 aliphatic rings. The van der Waals surface area contributed by atoms with Gasteiger partial charge in [-0.05, 0) is 59.7 Å². The molecule has 5 aromatic heterocycles. The largest absolute Gasteiger partial charge is 0.455 e. The van der Waals surface area contributed by atoms with E-state index in [2.05, 4.69) is 119 Å². The zero-order chi connectivity index (χ0) is 37.5. The Morgan fingerprint density at radius 1 is 0.368 bits per heavy atom. The van der Waals surface area contributed by atoms with Crippen LogP contribution in [-0.4, -0.2) is 24.5 Å². The first-order chi connectivity index (χ1) is 28.2. The second-order valence-corrected chi connectivity index (χ2v) is 14.2.